The molecule has 34 heavy (non-hydrogen) atoms. The first-order valence-electron chi connectivity index (χ1n) is 11.7. The number of benzene rings is 1. The highest BCUT2D eigenvalue weighted by Crippen LogP contribution is 2.46. The monoisotopic (exact) mass is 502 g/mol. The number of carbonyl (C=O) groups excluding carboxylic acids is 2. The molecule has 3 aliphatic rings. The van der Waals surface area contributed by atoms with Crippen molar-refractivity contribution in [1.29, 1.82) is 0 Å². The molecule has 182 valence electrons. The highest BCUT2D eigenvalue weighted by Gasteiger charge is 2.42. The van der Waals surface area contributed by atoms with E-state index in [0.29, 0.717) is 22.8 Å². The quantitative estimate of drug-likeness (QED) is 0.529. The fraction of sp³-hybridized carbons (Fsp3) is 0.480. The van der Waals surface area contributed by atoms with Crippen molar-refractivity contribution in [2.24, 2.45) is 4.99 Å². The molecule has 1 aromatic rings. The van der Waals surface area contributed by atoms with Crippen LogP contribution in [0.2, 0.25) is 5.02 Å². The number of carbonyl (C=O) groups is 2. The second-order valence-corrected chi connectivity index (χ2v) is 10.2. The Balaban J connectivity index is 1.57. The molecular formula is C25H31ClN4O3S. The maximum absolute atomic E-state index is 13.2. The molecule has 1 atom stereocenters. The maximum atomic E-state index is 13.2. The second kappa shape index (κ2) is 11.0. The SMILES string of the molecule is CC1=C(C(=O)OC(C)C)[C@H](c2ccccc2Cl)N2C(CC(=O)NCCN3CCCC3)=CSC2=N1. The maximum Gasteiger partial charge on any atom is 0.338 e. The first kappa shape index (κ1) is 24.8. The van der Waals surface area contributed by atoms with E-state index in [4.69, 9.17) is 16.3 Å². The van der Waals surface area contributed by atoms with Gasteiger partial charge in [0, 0.05) is 23.8 Å². The molecule has 1 saturated heterocycles. The van der Waals surface area contributed by atoms with Gasteiger partial charge >= 0.3 is 5.97 Å². The zero-order chi connectivity index (χ0) is 24.2. The number of hydrogen-bond acceptors (Lipinski definition) is 7. The number of allylic oxidation sites excluding steroid dienone is 1. The Morgan fingerprint density at radius 2 is 2.00 bits per heavy atom. The van der Waals surface area contributed by atoms with E-state index in [1.165, 1.54) is 24.6 Å². The number of hydrogen-bond donors (Lipinski definition) is 1. The van der Waals surface area contributed by atoms with Gasteiger partial charge in [-0.1, -0.05) is 41.6 Å². The summed E-state index contributed by atoms with van der Waals surface area (Å²) in [6.07, 6.45) is 2.38. The summed E-state index contributed by atoms with van der Waals surface area (Å²) in [5.74, 6) is -0.477. The van der Waals surface area contributed by atoms with Crippen LogP contribution >= 0.6 is 23.4 Å². The smallest absolute Gasteiger partial charge is 0.338 e. The van der Waals surface area contributed by atoms with Gasteiger partial charge in [0.1, 0.15) is 0 Å². The molecule has 0 bridgehead atoms. The van der Waals surface area contributed by atoms with Crippen LogP contribution in [-0.4, -0.2) is 59.1 Å². The molecule has 1 aromatic carbocycles. The normalized spacial score (nSPS) is 20.4. The molecule has 1 N–H and O–H groups in total. The van der Waals surface area contributed by atoms with Gasteiger partial charge in [-0.05, 0) is 63.7 Å². The van der Waals surface area contributed by atoms with Crippen molar-refractivity contribution in [2.75, 3.05) is 26.2 Å². The minimum atomic E-state index is -0.522. The van der Waals surface area contributed by atoms with E-state index < -0.39 is 12.0 Å². The van der Waals surface area contributed by atoms with E-state index in [-0.39, 0.29) is 18.4 Å². The van der Waals surface area contributed by atoms with Gasteiger partial charge in [0.2, 0.25) is 5.91 Å². The van der Waals surface area contributed by atoms with E-state index in [1.807, 2.05) is 49.3 Å². The number of ether oxygens (including phenoxy) is 1. The average molecular weight is 503 g/mol. The van der Waals surface area contributed by atoms with Crippen molar-refractivity contribution in [1.82, 2.24) is 15.1 Å². The van der Waals surface area contributed by atoms with Crippen LogP contribution in [0.25, 0.3) is 0 Å². The zero-order valence-electron chi connectivity index (χ0n) is 19.8. The summed E-state index contributed by atoms with van der Waals surface area (Å²) in [5, 5.41) is 6.25. The Morgan fingerprint density at radius 1 is 1.26 bits per heavy atom. The fourth-order valence-corrected chi connectivity index (χ4v) is 5.69. The Hall–Kier alpha value is -2.29. The standard InChI is InChI=1S/C25H31ClN4O3S/c1-16(2)33-24(32)22-17(3)28-25-30(23(22)19-8-4-5-9-20(19)26)18(15-34-25)14-21(31)27-10-13-29-11-6-7-12-29/h4-5,8-9,15-16,23H,6-7,10-14H2,1-3H3,(H,27,31)/t23-/m0/s1. The van der Waals surface area contributed by atoms with E-state index in [9.17, 15) is 9.59 Å². The summed E-state index contributed by atoms with van der Waals surface area (Å²) in [5.41, 5.74) is 2.59. The molecule has 9 heteroatoms. The van der Waals surface area contributed by atoms with Crippen molar-refractivity contribution in [2.45, 2.75) is 52.2 Å². The van der Waals surface area contributed by atoms with Crippen LogP contribution in [-0.2, 0) is 14.3 Å². The van der Waals surface area contributed by atoms with E-state index >= 15 is 0 Å². The number of nitrogens with one attached hydrogen (secondary N) is 1. The molecule has 0 aromatic heterocycles. The minimum absolute atomic E-state index is 0.0530. The lowest BCUT2D eigenvalue weighted by atomic mass is 9.93. The molecule has 0 spiro atoms. The van der Waals surface area contributed by atoms with Crippen LogP contribution in [0.5, 0.6) is 0 Å². The largest absolute Gasteiger partial charge is 0.459 e. The van der Waals surface area contributed by atoms with Crippen LogP contribution in [0.1, 0.15) is 51.6 Å². The summed E-state index contributed by atoms with van der Waals surface area (Å²) in [6, 6.07) is 6.94. The van der Waals surface area contributed by atoms with Gasteiger partial charge in [-0.25, -0.2) is 9.79 Å². The molecule has 1 fully saturated rings. The molecule has 0 unspecified atom stereocenters. The number of amides is 1. The van der Waals surface area contributed by atoms with Gasteiger partial charge in [0.15, 0.2) is 5.17 Å². The van der Waals surface area contributed by atoms with Gasteiger partial charge in [-0.15, -0.1) is 0 Å². The van der Waals surface area contributed by atoms with Gasteiger partial charge in [-0.2, -0.15) is 0 Å². The Kier molecular flexibility index (Phi) is 8.01. The Bertz CT molecular complexity index is 1050. The lowest BCUT2D eigenvalue weighted by molar-refractivity contribution is -0.143. The van der Waals surface area contributed by atoms with Crippen molar-refractivity contribution < 1.29 is 14.3 Å². The summed E-state index contributed by atoms with van der Waals surface area (Å²) < 4.78 is 5.57. The summed E-state index contributed by atoms with van der Waals surface area (Å²) in [6.45, 7) is 9.15. The highest BCUT2D eigenvalue weighted by molar-refractivity contribution is 8.16. The van der Waals surface area contributed by atoms with Gasteiger partial charge in [0.25, 0.3) is 0 Å². The molecule has 3 heterocycles. The third kappa shape index (κ3) is 5.50. The molecule has 1 amide bonds. The van der Waals surface area contributed by atoms with Gasteiger partial charge in [-0.3, -0.25) is 4.79 Å². The number of aliphatic imine (C=N–C) groups is 1. The lowest BCUT2D eigenvalue weighted by Gasteiger charge is -2.36. The third-order valence-electron chi connectivity index (χ3n) is 6.05. The fourth-order valence-electron chi connectivity index (χ4n) is 4.49. The van der Waals surface area contributed by atoms with Crippen LogP contribution in [0.15, 0.2) is 51.6 Å². The number of amidine groups is 1. The summed E-state index contributed by atoms with van der Waals surface area (Å²) in [4.78, 5) is 35.0. The van der Waals surface area contributed by atoms with E-state index in [2.05, 4.69) is 15.2 Å². The molecule has 0 aliphatic carbocycles. The zero-order valence-corrected chi connectivity index (χ0v) is 21.4. The van der Waals surface area contributed by atoms with Gasteiger partial charge in [0.05, 0.1) is 29.8 Å². The molecular weight excluding hydrogens is 472 g/mol. The van der Waals surface area contributed by atoms with Crippen molar-refractivity contribution in [3.8, 4) is 0 Å². The van der Waals surface area contributed by atoms with Crippen LogP contribution in [0.4, 0.5) is 0 Å². The summed E-state index contributed by atoms with van der Waals surface area (Å²) >= 11 is 8.06. The number of fused-ring (bicyclic) bond motifs is 1. The topological polar surface area (TPSA) is 74.2 Å². The second-order valence-electron chi connectivity index (χ2n) is 8.94. The molecule has 0 saturated carbocycles. The van der Waals surface area contributed by atoms with Crippen LogP contribution in [0.3, 0.4) is 0 Å². The number of rotatable bonds is 8. The molecule has 3 aliphatic heterocycles. The Labute approximate surface area is 210 Å². The predicted molar refractivity (Wildman–Crippen MR) is 136 cm³/mol. The molecule has 7 nitrogen and oxygen atoms in total. The Morgan fingerprint density at radius 3 is 2.71 bits per heavy atom. The number of thioether (sulfide) groups is 1. The van der Waals surface area contributed by atoms with Crippen molar-refractivity contribution in [3.05, 3.63) is 57.2 Å². The molecule has 4 rings (SSSR count). The summed E-state index contributed by atoms with van der Waals surface area (Å²) in [7, 11) is 0. The third-order valence-corrected chi connectivity index (χ3v) is 7.29. The number of esters is 1. The van der Waals surface area contributed by atoms with Gasteiger partial charge < -0.3 is 19.9 Å². The highest BCUT2D eigenvalue weighted by atomic mass is 35.5. The first-order chi connectivity index (χ1) is 16.3. The van der Waals surface area contributed by atoms with E-state index in [1.54, 1.807) is 6.07 Å². The van der Waals surface area contributed by atoms with Crippen molar-refractivity contribution >= 4 is 40.4 Å². The van der Waals surface area contributed by atoms with Crippen LogP contribution in [0, 0.1) is 0 Å². The van der Waals surface area contributed by atoms with Crippen molar-refractivity contribution in [3.63, 3.8) is 0 Å². The minimum Gasteiger partial charge on any atom is -0.459 e. The van der Waals surface area contributed by atoms with Crippen LogP contribution < -0.4 is 5.32 Å². The number of halogens is 1. The molecule has 0 radical (unpaired) electrons. The predicted octanol–water partition coefficient (Wildman–Crippen LogP) is 4.47. The lowest BCUT2D eigenvalue weighted by Crippen LogP contribution is -2.39. The van der Waals surface area contributed by atoms with E-state index in [0.717, 1.165) is 36.1 Å². The number of likely N-dealkylation sites (tertiary alicyclic amines) is 1. The average Bonchev–Trinajstić information content (AvgIpc) is 3.43. The number of nitrogens with zero attached hydrogens (tertiary/aromatic N) is 3. The first-order valence-corrected chi connectivity index (χ1v) is 13.0.